The first-order chi connectivity index (χ1) is 16.3. The summed E-state index contributed by atoms with van der Waals surface area (Å²) in [5.74, 6) is 0.0134. The van der Waals surface area contributed by atoms with E-state index in [1.54, 1.807) is 42.5 Å². The monoisotopic (exact) mass is 465 g/mol. The quantitative estimate of drug-likeness (QED) is 0.381. The molecule has 0 aliphatic heterocycles. The Morgan fingerprint density at radius 3 is 2.62 bits per heavy atom. The Labute approximate surface area is 196 Å². The number of fused-ring (bicyclic) bond motifs is 1. The van der Waals surface area contributed by atoms with Gasteiger partial charge < -0.3 is 25.8 Å². The molecule has 0 bridgehead atoms. The maximum absolute atomic E-state index is 12.7. The highest BCUT2D eigenvalue weighted by Crippen LogP contribution is 2.18. The Kier molecular flexibility index (Phi) is 8.13. The molecule has 0 saturated carbocycles. The summed E-state index contributed by atoms with van der Waals surface area (Å²) in [6.07, 6.45) is -0.728. The molecule has 1 aromatic carbocycles. The van der Waals surface area contributed by atoms with Crippen LogP contribution in [0.25, 0.3) is 5.65 Å². The number of carbonyl (C=O) groups excluding carboxylic acids is 2. The lowest BCUT2D eigenvalue weighted by molar-refractivity contribution is -0.126. The number of hydrogen-bond donors (Lipinski definition) is 3. The molecule has 2 aromatic heterocycles. The van der Waals surface area contributed by atoms with E-state index >= 15 is 0 Å². The zero-order chi connectivity index (χ0) is 24.6. The minimum atomic E-state index is -1.12. The molecule has 11 nitrogen and oxygen atoms in total. The molecule has 0 aliphatic carbocycles. The molecule has 2 heterocycles. The number of amides is 2. The van der Waals surface area contributed by atoms with Gasteiger partial charge in [-0.05, 0) is 31.5 Å². The minimum Gasteiger partial charge on any atom is -0.443 e. The van der Waals surface area contributed by atoms with E-state index in [2.05, 4.69) is 20.8 Å². The van der Waals surface area contributed by atoms with Gasteiger partial charge in [0.15, 0.2) is 11.5 Å². The number of hydrogen-bond acceptors (Lipinski definition) is 8. The third-order valence-electron chi connectivity index (χ3n) is 4.80. The second-order valence-corrected chi connectivity index (χ2v) is 8.11. The number of rotatable bonds is 10. The molecule has 3 rings (SSSR count). The minimum absolute atomic E-state index is 0.104. The van der Waals surface area contributed by atoms with Gasteiger partial charge >= 0.3 is 6.09 Å². The van der Waals surface area contributed by atoms with Crippen LogP contribution in [0.2, 0.25) is 0 Å². The van der Waals surface area contributed by atoms with Crippen molar-refractivity contribution in [2.75, 3.05) is 13.2 Å². The number of pyridine rings is 1. The maximum Gasteiger partial charge on any atom is 0.408 e. The van der Waals surface area contributed by atoms with Gasteiger partial charge in [0.05, 0.1) is 30.5 Å². The topological polar surface area (TPSA) is 157 Å². The number of carbonyl (C=O) groups is 2. The highest BCUT2D eigenvalue weighted by Gasteiger charge is 2.28. The average Bonchev–Trinajstić information content (AvgIpc) is 3.25. The van der Waals surface area contributed by atoms with Crippen molar-refractivity contribution >= 4 is 17.6 Å². The Morgan fingerprint density at radius 1 is 1.15 bits per heavy atom. The number of nitrogens with one attached hydrogen (secondary N) is 2. The van der Waals surface area contributed by atoms with Crippen LogP contribution in [0.3, 0.4) is 0 Å². The van der Waals surface area contributed by atoms with Crippen LogP contribution in [0.15, 0.2) is 48.5 Å². The number of alkyl carbamates (subject to hydrolysis) is 1. The zero-order valence-corrected chi connectivity index (χ0v) is 19.0. The predicted molar refractivity (Wildman–Crippen MR) is 122 cm³/mol. The predicted octanol–water partition coefficient (Wildman–Crippen LogP) is 1.59. The van der Waals surface area contributed by atoms with Crippen molar-refractivity contribution in [2.45, 2.75) is 38.6 Å². The second-order valence-electron chi connectivity index (χ2n) is 8.11. The summed E-state index contributed by atoms with van der Waals surface area (Å²) in [5, 5.41) is 22.3. The van der Waals surface area contributed by atoms with E-state index in [4.69, 9.17) is 20.5 Å². The lowest BCUT2D eigenvalue weighted by atomic mass is 10.1. The van der Waals surface area contributed by atoms with Gasteiger partial charge in [0, 0.05) is 0 Å². The fourth-order valence-corrected chi connectivity index (χ4v) is 3.07. The molecular formula is C23H27N7O4. The maximum atomic E-state index is 12.7. The summed E-state index contributed by atoms with van der Waals surface area (Å²) in [6, 6.07) is 16.0. The van der Waals surface area contributed by atoms with Gasteiger partial charge in [0.1, 0.15) is 19.2 Å². The summed E-state index contributed by atoms with van der Waals surface area (Å²) in [7, 11) is 0. The van der Waals surface area contributed by atoms with Gasteiger partial charge in [-0.2, -0.15) is 5.26 Å². The van der Waals surface area contributed by atoms with E-state index in [0.29, 0.717) is 23.8 Å². The smallest absolute Gasteiger partial charge is 0.408 e. The highest BCUT2D eigenvalue weighted by atomic mass is 16.5. The molecule has 0 spiro atoms. The number of nitrogens with zero attached hydrogens (tertiary/aromatic N) is 4. The first-order valence-electron chi connectivity index (χ1n) is 10.6. The summed E-state index contributed by atoms with van der Waals surface area (Å²) >= 11 is 0. The SMILES string of the molecule is CC(C)(N)C(=O)N[C@H](COCc1ccccc1)c1nnc2cccc(COC(=O)NCC#N)n12. The van der Waals surface area contributed by atoms with Crippen LogP contribution >= 0.6 is 0 Å². The summed E-state index contributed by atoms with van der Waals surface area (Å²) in [4.78, 5) is 24.5. The average molecular weight is 466 g/mol. The van der Waals surface area contributed by atoms with E-state index in [1.807, 2.05) is 30.3 Å². The Balaban J connectivity index is 1.85. The molecule has 2 amide bonds. The van der Waals surface area contributed by atoms with Gasteiger partial charge in [0.2, 0.25) is 5.91 Å². The molecule has 0 fully saturated rings. The Bertz CT molecular complexity index is 1170. The van der Waals surface area contributed by atoms with Gasteiger partial charge in [0.25, 0.3) is 0 Å². The number of ether oxygens (including phenoxy) is 2. The van der Waals surface area contributed by atoms with Crippen molar-refractivity contribution in [3.63, 3.8) is 0 Å². The van der Waals surface area contributed by atoms with Gasteiger partial charge in [-0.1, -0.05) is 36.4 Å². The lowest BCUT2D eigenvalue weighted by Gasteiger charge is -2.24. The largest absolute Gasteiger partial charge is 0.443 e. The fraction of sp³-hybridized carbons (Fsp3) is 0.348. The van der Waals surface area contributed by atoms with Crippen molar-refractivity contribution in [1.82, 2.24) is 25.2 Å². The van der Waals surface area contributed by atoms with E-state index in [1.165, 1.54) is 0 Å². The zero-order valence-electron chi connectivity index (χ0n) is 19.0. The summed E-state index contributed by atoms with van der Waals surface area (Å²) < 4.78 is 12.8. The van der Waals surface area contributed by atoms with Crippen molar-refractivity contribution in [2.24, 2.45) is 5.73 Å². The third-order valence-corrected chi connectivity index (χ3v) is 4.80. The van der Waals surface area contributed by atoms with Crippen molar-refractivity contribution in [3.05, 3.63) is 65.6 Å². The molecule has 4 N–H and O–H groups in total. The molecular weight excluding hydrogens is 438 g/mol. The van der Waals surface area contributed by atoms with E-state index in [-0.39, 0.29) is 25.7 Å². The molecule has 1 atom stereocenters. The Hall–Kier alpha value is -4.01. The molecule has 34 heavy (non-hydrogen) atoms. The molecule has 0 unspecified atom stereocenters. The molecule has 3 aromatic rings. The first-order valence-corrected chi connectivity index (χ1v) is 10.6. The van der Waals surface area contributed by atoms with E-state index < -0.39 is 17.7 Å². The molecule has 0 saturated heterocycles. The second kappa shape index (κ2) is 11.2. The third kappa shape index (κ3) is 6.50. The molecule has 178 valence electrons. The standard InChI is InChI=1S/C23H27N7O4/c1-23(2,25)21(31)27-18(15-33-13-16-7-4-3-5-8-16)20-29-28-19-10-6-9-17(30(19)20)14-34-22(32)26-12-11-24/h3-10,18H,12-15,25H2,1-2H3,(H,26,32)(H,27,31)/t18-/m1/s1. The van der Waals surface area contributed by atoms with Gasteiger partial charge in [-0.3, -0.25) is 9.20 Å². The number of nitriles is 1. The number of benzene rings is 1. The first kappa shape index (κ1) is 24.6. The summed E-state index contributed by atoms with van der Waals surface area (Å²) in [5.41, 5.74) is 6.91. The molecule has 0 aliphatic rings. The normalized spacial score (nSPS) is 12.1. The van der Waals surface area contributed by atoms with Crippen LogP contribution in [0.4, 0.5) is 4.79 Å². The van der Waals surface area contributed by atoms with Crippen LogP contribution in [-0.2, 0) is 27.5 Å². The van der Waals surface area contributed by atoms with Crippen LogP contribution in [0.1, 0.15) is 37.0 Å². The Morgan fingerprint density at radius 2 is 1.91 bits per heavy atom. The van der Waals surface area contributed by atoms with Crippen LogP contribution in [0.5, 0.6) is 0 Å². The van der Waals surface area contributed by atoms with Gasteiger partial charge in [-0.25, -0.2) is 4.79 Å². The fourth-order valence-electron chi connectivity index (χ4n) is 3.07. The van der Waals surface area contributed by atoms with Gasteiger partial charge in [-0.15, -0.1) is 10.2 Å². The van der Waals surface area contributed by atoms with Crippen LogP contribution in [-0.4, -0.2) is 45.3 Å². The highest BCUT2D eigenvalue weighted by molar-refractivity contribution is 5.85. The number of aromatic nitrogens is 3. The van der Waals surface area contributed by atoms with Crippen LogP contribution in [0, 0.1) is 11.3 Å². The van der Waals surface area contributed by atoms with Crippen molar-refractivity contribution in [1.29, 1.82) is 5.26 Å². The van der Waals surface area contributed by atoms with E-state index in [9.17, 15) is 9.59 Å². The van der Waals surface area contributed by atoms with Crippen LogP contribution < -0.4 is 16.4 Å². The molecule has 11 heteroatoms. The lowest BCUT2D eigenvalue weighted by Crippen LogP contribution is -2.51. The van der Waals surface area contributed by atoms with Crippen molar-refractivity contribution in [3.8, 4) is 6.07 Å². The van der Waals surface area contributed by atoms with E-state index in [0.717, 1.165) is 5.56 Å². The van der Waals surface area contributed by atoms with Crippen molar-refractivity contribution < 1.29 is 19.1 Å². The summed E-state index contributed by atoms with van der Waals surface area (Å²) in [6.45, 7) is 3.38. The number of nitrogens with two attached hydrogens (primary N) is 1. The molecule has 0 radical (unpaired) electrons.